The Bertz CT molecular complexity index is 1360. The molecule has 1 aromatic heterocycles. The lowest BCUT2D eigenvalue weighted by atomic mass is 9.96. The number of carbonyl (C=O) groups excluding carboxylic acids is 2. The van der Waals surface area contributed by atoms with Crippen LogP contribution in [-0.4, -0.2) is 88.6 Å². The standard InChI is InChI=1S/C31H40N8O3/c1-5-16-33-28-24(21-35-30(37-28)36-25-14-12-23(20-32)13-15-25)10-7-6-8-17-34-29(42)31(2)19-26(40)22-39(31)27(41)11-9-18-38(3)4/h9,11-15,21,26,40H,5-6,8,16-19,22H2,1-4H3,(H,34,42)(H2,33,35,36,37)/b11-9+/t26-,31+/m1/s1. The minimum atomic E-state index is -1.12. The lowest BCUT2D eigenvalue weighted by Gasteiger charge is -2.32. The van der Waals surface area contributed by atoms with Gasteiger partial charge in [0.25, 0.3) is 0 Å². The number of nitriles is 1. The zero-order chi connectivity index (χ0) is 30.5. The van der Waals surface area contributed by atoms with Gasteiger partial charge >= 0.3 is 0 Å². The Morgan fingerprint density at radius 1 is 1.26 bits per heavy atom. The molecule has 1 aliphatic heterocycles. The van der Waals surface area contributed by atoms with Crippen molar-refractivity contribution in [2.24, 2.45) is 0 Å². The predicted octanol–water partition coefficient (Wildman–Crippen LogP) is 2.63. The largest absolute Gasteiger partial charge is 0.391 e. The molecule has 4 N–H and O–H groups in total. The van der Waals surface area contributed by atoms with Crippen LogP contribution in [0, 0.1) is 23.2 Å². The van der Waals surface area contributed by atoms with Crippen LogP contribution >= 0.6 is 0 Å². The van der Waals surface area contributed by atoms with Crippen molar-refractivity contribution < 1.29 is 14.7 Å². The molecule has 2 heterocycles. The number of likely N-dealkylation sites (tertiary alicyclic amines) is 1. The molecular weight excluding hydrogens is 532 g/mol. The molecule has 222 valence electrons. The topological polar surface area (TPSA) is 147 Å². The molecular formula is C31H40N8O3. The summed E-state index contributed by atoms with van der Waals surface area (Å²) in [5.41, 5.74) is 0.895. The van der Waals surface area contributed by atoms with Crippen molar-refractivity contribution in [1.29, 1.82) is 5.26 Å². The van der Waals surface area contributed by atoms with Crippen molar-refractivity contribution in [3.63, 3.8) is 0 Å². The third kappa shape index (κ3) is 9.03. The molecule has 1 aliphatic rings. The van der Waals surface area contributed by atoms with Crippen molar-refractivity contribution in [3.8, 4) is 17.9 Å². The van der Waals surface area contributed by atoms with E-state index in [-0.39, 0.29) is 24.8 Å². The average molecular weight is 573 g/mol. The van der Waals surface area contributed by atoms with Crippen molar-refractivity contribution in [2.45, 2.75) is 51.2 Å². The smallest absolute Gasteiger partial charge is 0.247 e. The van der Waals surface area contributed by atoms with Gasteiger partial charge in [-0.15, -0.1) is 0 Å². The summed E-state index contributed by atoms with van der Waals surface area (Å²) in [5.74, 6) is 6.72. The third-order valence-electron chi connectivity index (χ3n) is 6.70. The second-order valence-corrected chi connectivity index (χ2v) is 10.6. The van der Waals surface area contributed by atoms with Crippen LogP contribution in [0.5, 0.6) is 0 Å². The van der Waals surface area contributed by atoms with Gasteiger partial charge in [0, 0.05) is 50.8 Å². The van der Waals surface area contributed by atoms with Crippen LogP contribution in [0.2, 0.25) is 0 Å². The number of hydrogen-bond donors (Lipinski definition) is 4. The molecule has 0 bridgehead atoms. The first-order valence-corrected chi connectivity index (χ1v) is 14.1. The van der Waals surface area contributed by atoms with Gasteiger partial charge in [-0.2, -0.15) is 10.2 Å². The highest BCUT2D eigenvalue weighted by atomic mass is 16.3. The first-order valence-electron chi connectivity index (χ1n) is 14.1. The number of amides is 2. The molecule has 11 heteroatoms. The summed E-state index contributed by atoms with van der Waals surface area (Å²) in [6.07, 6.45) is 6.38. The van der Waals surface area contributed by atoms with Crippen LogP contribution in [0.4, 0.5) is 17.5 Å². The van der Waals surface area contributed by atoms with E-state index in [0.717, 1.165) is 18.7 Å². The Kier molecular flexibility index (Phi) is 11.9. The zero-order valence-corrected chi connectivity index (χ0v) is 24.8. The van der Waals surface area contributed by atoms with Crippen LogP contribution in [0.25, 0.3) is 0 Å². The zero-order valence-electron chi connectivity index (χ0n) is 24.8. The Hall–Kier alpha value is -4.45. The van der Waals surface area contributed by atoms with Crippen LogP contribution in [-0.2, 0) is 9.59 Å². The fraction of sp³-hybridized carbons (Fsp3) is 0.452. The molecule has 0 unspecified atom stereocenters. The third-order valence-corrected chi connectivity index (χ3v) is 6.70. The Labute approximate surface area is 248 Å². The average Bonchev–Trinajstić information content (AvgIpc) is 3.29. The highest BCUT2D eigenvalue weighted by molar-refractivity contribution is 5.96. The molecule has 0 aliphatic carbocycles. The number of aromatic nitrogens is 2. The van der Waals surface area contributed by atoms with Gasteiger partial charge in [0.2, 0.25) is 17.8 Å². The van der Waals surface area contributed by atoms with Crippen LogP contribution < -0.4 is 16.0 Å². The first-order chi connectivity index (χ1) is 20.2. The Balaban J connectivity index is 1.56. The highest BCUT2D eigenvalue weighted by Crippen LogP contribution is 2.30. The molecule has 0 saturated carbocycles. The molecule has 2 atom stereocenters. The SMILES string of the molecule is CCCNc1nc(Nc2ccc(C#N)cc2)ncc1C#CCCCNC(=O)[C@]1(C)C[C@@H](O)CN1C(=O)/C=C/CN(C)C. The van der Waals surface area contributed by atoms with Gasteiger partial charge in [-0.05, 0) is 58.1 Å². The summed E-state index contributed by atoms with van der Waals surface area (Å²) >= 11 is 0. The van der Waals surface area contributed by atoms with Crippen molar-refractivity contribution in [1.82, 2.24) is 25.1 Å². The van der Waals surface area contributed by atoms with E-state index in [0.29, 0.717) is 48.8 Å². The molecule has 1 aromatic carbocycles. The highest BCUT2D eigenvalue weighted by Gasteiger charge is 2.48. The fourth-order valence-corrected chi connectivity index (χ4v) is 4.44. The van der Waals surface area contributed by atoms with Crippen LogP contribution in [0.15, 0.2) is 42.6 Å². The second kappa shape index (κ2) is 15.5. The lowest BCUT2D eigenvalue weighted by molar-refractivity contribution is -0.141. The summed E-state index contributed by atoms with van der Waals surface area (Å²) in [4.78, 5) is 38.2. The molecule has 2 aromatic rings. The number of carbonyl (C=O) groups is 2. The number of benzene rings is 1. The number of unbranched alkanes of at least 4 members (excludes halogenated alkanes) is 1. The van der Waals surface area contributed by atoms with E-state index in [1.165, 1.54) is 11.0 Å². The maximum absolute atomic E-state index is 13.1. The summed E-state index contributed by atoms with van der Waals surface area (Å²) in [6.45, 7) is 5.61. The molecule has 1 fully saturated rings. The van der Waals surface area contributed by atoms with E-state index >= 15 is 0 Å². The van der Waals surface area contributed by atoms with Crippen molar-refractivity contribution in [2.75, 3.05) is 50.9 Å². The van der Waals surface area contributed by atoms with Crippen LogP contribution in [0.3, 0.4) is 0 Å². The van der Waals surface area contributed by atoms with E-state index in [4.69, 9.17) is 5.26 Å². The molecule has 0 spiro atoms. The molecule has 2 amide bonds. The van der Waals surface area contributed by atoms with E-state index in [9.17, 15) is 14.7 Å². The quantitative estimate of drug-likeness (QED) is 0.171. The Morgan fingerprint density at radius 2 is 2.02 bits per heavy atom. The maximum Gasteiger partial charge on any atom is 0.247 e. The monoisotopic (exact) mass is 572 g/mol. The van der Waals surface area contributed by atoms with Crippen LogP contribution in [0.1, 0.15) is 50.7 Å². The Morgan fingerprint density at radius 3 is 2.71 bits per heavy atom. The lowest BCUT2D eigenvalue weighted by Crippen LogP contribution is -2.55. The fourth-order valence-electron chi connectivity index (χ4n) is 4.44. The van der Waals surface area contributed by atoms with Gasteiger partial charge in [-0.25, -0.2) is 4.98 Å². The summed E-state index contributed by atoms with van der Waals surface area (Å²) in [6, 6.07) is 9.12. The maximum atomic E-state index is 13.1. The van der Waals surface area contributed by atoms with E-state index in [1.807, 2.05) is 19.0 Å². The van der Waals surface area contributed by atoms with E-state index in [2.05, 4.69) is 50.8 Å². The summed E-state index contributed by atoms with van der Waals surface area (Å²) in [5, 5.41) is 28.6. The van der Waals surface area contributed by atoms with Gasteiger partial charge in [0.05, 0.1) is 29.5 Å². The van der Waals surface area contributed by atoms with Gasteiger partial charge in [0.15, 0.2) is 0 Å². The molecule has 11 nitrogen and oxygen atoms in total. The van der Waals surface area contributed by atoms with Gasteiger partial charge in [-0.1, -0.05) is 24.8 Å². The summed E-state index contributed by atoms with van der Waals surface area (Å²) < 4.78 is 0. The molecule has 1 saturated heterocycles. The van der Waals surface area contributed by atoms with Gasteiger partial charge in [0.1, 0.15) is 11.4 Å². The first kappa shape index (κ1) is 32.1. The van der Waals surface area contributed by atoms with Crippen molar-refractivity contribution >= 4 is 29.3 Å². The number of likely N-dealkylation sites (N-methyl/N-ethyl adjacent to an activating group) is 1. The van der Waals surface area contributed by atoms with Gasteiger partial charge < -0.3 is 30.9 Å². The number of hydrogen-bond acceptors (Lipinski definition) is 9. The van der Waals surface area contributed by atoms with Gasteiger partial charge in [-0.3, -0.25) is 9.59 Å². The second-order valence-electron chi connectivity index (χ2n) is 10.6. The molecule has 42 heavy (non-hydrogen) atoms. The molecule has 0 radical (unpaired) electrons. The summed E-state index contributed by atoms with van der Waals surface area (Å²) in [7, 11) is 3.81. The minimum Gasteiger partial charge on any atom is -0.391 e. The number of aliphatic hydroxyl groups is 1. The normalized spacial score (nSPS) is 17.9. The van der Waals surface area contributed by atoms with E-state index in [1.54, 1.807) is 43.5 Å². The number of rotatable bonds is 12. The number of aliphatic hydroxyl groups excluding tert-OH is 1. The minimum absolute atomic E-state index is 0.124. The number of β-amino-alcohol motifs (C(OH)–C–C–N with tert-alkyl or cyclic N) is 1. The molecule has 3 rings (SSSR count). The van der Waals surface area contributed by atoms with Crippen molar-refractivity contribution in [3.05, 3.63) is 53.7 Å². The number of nitrogens with one attached hydrogen (secondary N) is 3. The number of anilines is 3. The van der Waals surface area contributed by atoms with E-state index < -0.39 is 11.6 Å². The number of nitrogens with zero attached hydrogens (tertiary/aromatic N) is 5. The predicted molar refractivity (Wildman–Crippen MR) is 163 cm³/mol.